The predicted octanol–water partition coefficient (Wildman–Crippen LogP) is 3.79. The van der Waals surface area contributed by atoms with E-state index in [2.05, 4.69) is 33.8 Å². The quantitative estimate of drug-likeness (QED) is 0.652. The molecule has 0 saturated heterocycles. The molecule has 1 atom stereocenters. The van der Waals surface area contributed by atoms with Crippen LogP contribution in [-0.2, 0) is 17.6 Å². The number of hydrogen-bond acceptors (Lipinski definition) is 5. The normalized spacial score (nSPS) is 15.2. The molecule has 0 bridgehead atoms. The van der Waals surface area contributed by atoms with Crippen LogP contribution in [0.3, 0.4) is 0 Å². The molecule has 8 heteroatoms. The highest BCUT2D eigenvalue weighted by Gasteiger charge is 2.20. The first kappa shape index (κ1) is 21.4. The van der Waals surface area contributed by atoms with Crippen LogP contribution in [-0.4, -0.2) is 24.0 Å². The highest BCUT2D eigenvalue weighted by atomic mass is 35.5. The van der Waals surface area contributed by atoms with E-state index in [1.54, 1.807) is 17.6 Å². The molecule has 144 valence electrons. The van der Waals surface area contributed by atoms with Crippen molar-refractivity contribution in [3.63, 3.8) is 0 Å². The molecule has 4 rings (SSSR count). The minimum absolute atomic E-state index is 0. The molecule has 0 saturated carbocycles. The highest BCUT2D eigenvalue weighted by Crippen LogP contribution is 2.24. The van der Waals surface area contributed by atoms with Crippen LogP contribution in [0, 0.1) is 0 Å². The fourth-order valence-corrected chi connectivity index (χ4v) is 3.77. The van der Waals surface area contributed by atoms with Crippen molar-refractivity contribution in [1.82, 2.24) is 15.6 Å². The molecule has 0 fully saturated rings. The van der Waals surface area contributed by atoms with E-state index in [4.69, 9.17) is 4.42 Å². The zero-order chi connectivity index (χ0) is 17.1. The molecule has 0 spiro atoms. The topological polar surface area (TPSA) is 67.2 Å². The smallest absolute Gasteiger partial charge is 0.236 e. The van der Waals surface area contributed by atoms with Gasteiger partial charge in [0.1, 0.15) is 6.26 Å². The van der Waals surface area contributed by atoms with E-state index >= 15 is 0 Å². The van der Waals surface area contributed by atoms with Crippen LogP contribution in [0.15, 0.2) is 52.5 Å². The predicted molar refractivity (Wildman–Crippen MR) is 112 cm³/mol. The lowest BCUT2D eigenvalue weighted by atomic mass is 9.94. The molecule has 1 aromatic carbocycles. The first-order chi connectivity index (χ1) is 12.3. The average molecular weight is 426 g/mol. The zero-order valence-electron chi connectivity index (χ0n) is 14.5. The monoisotopic (exact) mass is 425 g/mol. The highest BCUT2D eigenvalue weighted by molar-refractivity contribution is 7.13. The van der Waals surface area contributed by atoms with E-state index in [9.17, 15) is 4.79 Å². The third kappa shape index (κ3) is 5.11. The summed E-state index contributed by atoms with van der Waals surface area (Å²) in [7, 11) is 0. The summed E-state index contributed by atoms with van der Waals surface area (Å²) in [6.45, 7) is 1.51. The largest absolute Gasteiger partial charge is 0.444 e. The number of rotatable bonds is 5. The second-order valence-corrected chi connectivity index (χ2v) is 7.01. The number of hydrogen-bond donors (Lipinski definition) is 2. The van der Waals surface area contributed by atoms with Gasteiger partial charge in [0.05, 0.1) is 17.0 Å². The van der Waals surface area contributed by atoms with E-state index in [0.29, 0.717) is 18.1 Å². The maximum atomic E-state index is 12.2. The van der Waals surface area contributed by atoms with E-state index in [0.717, 1.165) is 17.8 Å². The Morgan fingerprint density at radius 1 is 1.26 bits per heavy atom. The number of oxazole rings is 1. The van der Waals surface area contributed by atoms with Crippen molar-refractivity contribution in [2.75, 3.05) is 13.1 Å². The summed E-state index contributed by atoms with van der Waals surface area (Å²) in [4.78, 5) is 17.6. The number of thiophene rings is 1. The Hall–Kier alpha value is -1.86. The summed E-state index contributed by atoms with van der Waals surface area (Å²) in [6, 6.07) is 12.5. The molecule has 3 heterocycles. The fourth-order valence-electron chi connectivity index (χ4n) is 3.12. The van der Waals surface area contributed by atoms with Gasteiger partial charge in [-0.25, -0.2) is 4.98 Å². The van der Waals surface area contributed by atoms with Gasteiger partial charge in [0, 0.05) is 12.6 Å². The van der Waals surface area contributed by atoms with Gasteiger partial charge in [0.15, 0.2) is 0 Å². The minimum atomic E-state index is -0.0455. The number of nitrogens with one attached hydrogen (secondary N) is 2. The number of halogens is 2. The summed E-state index contributed by atoms with van der Waals surface area (Å²) in [6.07, 6.45) is 2.82. The maximum absolute atomic E-state index is 12.2. The molecule has 1 amide bonds. The van der Waals surface area contributed by atoms with Crippen molar-refractivity contribution in [3.05, 3.63) is 64.9 Å². The van der Waals surface area contributed by atoms with Crippen LogP contribution in [0.1, 0.15) is 22.9 Å². The zero-order valence-corrected chi connectivity index (χ0v) is 17.0. The van der Waals surface area contributed by atoms with Crippen LogP contribution in [0.2, 0.25) is 0 Å². The number of amides is 1. The van der Waals surface area contributed by atoms with E-state index in [1.165, 1.54) is 11.1 Å². The Morgan fingerprint density at radius 2 is 2.11 bits per heavy atom. The van der Waals surface area contributed by atoms with Gasteiger partial charge < -0.3 is 15.1 Å². The lowest BCUT2D eigenvalue weighted by molar-refractivity contribution is -0.120. The number of fused-ring (bicyclic) bond motifs is 1. The summed E-state index contributed by atoms with van der Waals surface area (Å²) in [5.41, 5.74) is 3.28. The number of carbonyl (C=O) groups excluding carboxylic acids is 1. The number of nitrogens with zero attached hydrogens (tertiary/aromatic N) is 1. The van der Waals surface area contributed by atoms with Crippen molar-refractivity contribution >= 4 is 42.1 Å². The van der Waals surface area contributed by atoms with Gasteiger partial charge in [-0.2, -0.15) is 0 Å². The Balaban J connectivity index is 0.00000131. The first-order valence-electron chi connectivity index (χ1n) is 8.36. The van der Waals surface area contributed by atoms with Crippen molar-refractivity contribution in [2.24, 2.45) is 0 Å². The van der Waals surface area contributed by atoms with Gasteiger partial charge in [-0.15, -0.1) is 36.2 Å². The minimum Gasteiger partial charge on any atom is -0.444 e. The molecule has 2 N–H and O–H groups in total. The Kier molecular flexibility index (Phi) is 7.86. The van der Waals surface area contributed by atoms with E-state index < -0.39 is 0 Å². The number of aromatic nitrogens is 1. The molecule has 1 aliphatic heterocycles. The third-order valence-corrected chi connectivity index (χ3v) is 5.20. The lowest BCUT2D eigenvalue weighted by Gasteiger charge is -2.27. The summed E-state index contributed by atoms with van der Waals surface area (Å²) < 4.78 is 5.46. The van der Waals surface area contributed by atoms with Crippen LogP contribution >= 0.6 is 36.2 Å². The van der Waals surface area contributed by atoms with Crippen molar-refractivity contribution < 1.29 is 9.21 Å². The van der Waals surface area contributed by atoms with Crippen LogP contribution in [0.4, 0.5) is 0 Å². The fraction of sp³-hybridized carbons (Fsp3) is 0.263. The standard InChI is InChI=1S/C19H19N3O2S.2ClH/c23-18(10-14-12-24-19(22-14)17-6-3-9-25-17)21-11-16-15-5-2-1-4-13(15)7-8-20-16;;/h1-6,9,12,16,20H,7-8,10-11H2,(H,21,23);2*1H. The van der Waals surface area contributed by atoms with Crippen LogP contribution in [0.5, 0.6) is 0 Å². The van der Waals surface area contributed by atoms with Crippen molar-refractivity contribution in [3.8, 4) is 10.8 Å². The second kappa shape index (κ2) is 9.90. The molecular formula is C19H21Cl2N3O2S. The SMILES string of the molecule is Cl.Cl.O=C(Cc1coc(-c2cccs2)n1)NCC1NCCc2ccccc21. The van der Waals surface area contributed by atoms with Gasteiger partial charge in [0.25, 0.3) is 0 Å². The second-order valence-electron chi connectivity index (χ2n) is 6.06. The third-order valence-electron chi connectivity index (χ3n) is 4.34. The van der Waals surface area contributed by atoms with Crippen molar-refractivity contribution in [1.29, 1.82) is 0 Å². The molecule has 0 aliphatic carbocycles. The molecule has 1 unspecified atom stereocenters. The summed E-state index contributed by atoms with van der Waals surface area (Å²) in [5.74, 6) is 0.525. The average Bonchev–Trinajstić information content (AvgIpc) is 3.31. The molecule has 2 aromatic heterocycles. The Bertz CT molecular complexity index is 867. The Labute approximate surface area is 174 Å². The van der Waals surface area contributed by atoms with Gasteiger partial charge in [0.2, 0.25) is 11.8 Å². The molecule has 1 aliphatic rings. The molecule has 27 heavy (non-hydrogen) atoms. The Morgan fingerprint density at radius 3 is 2.93 bits per heavy atom. The van der Waals surface area contributed by atoms with Crippen LogP contribution in [0.25, 0.3) is 10.8 Å². The van der Waals surface area contributed by atoms with Gasteiger partial charge in [-0.1, -0.05) is 30.3 Å². The molecule has 5 nitrogen and oxygen atoms in total. The number of benzene rings is 1. The summed E-state index contributed by atoms with van der Waals surface area (Å²) >= 11 is 1.57. The molecule has 3 aromatic rings. The van der Waals surface area contributed by atoms with Gasteiger partial charge in [-0.3, -0.25) is 4.79 Å². The maximum Gasteiger partial charge on any atom is 0.236 e. The van der Waals surface area contributed by atoms with Gasteiger partial charge in [-0.05, 0) is 35.5 Å². The number of carbonyl (C=O) groups is 1. The van der Waals surface area contributed by atoms with E-state index in [-0.39, 0.29) is 43.2 Å². The first-order valence-corrected chi connectivity index (χ1v) is 9.24. The molecule has 0 radical (unpaired) electrons. The van der Waals surface area contributed by atoms with Crippen LogP contribution < -0.4 is 10.6 Å². The molecular weight excluding hydrogens is 405 g/mol. The van der Waals surface area contributed by atoms with Gasteiger partial charge >= 0.3 is 0 Å². The van der Waals surface area contributed by atoms with E-state index in [1.807, 2.05) is 23.6 Å². The van der Waals surface area contributed by atoms with Crippen molar-refractivity contribution in [2.45, 2.75) is 18.9 Å². The summed E-state index contributed by atoms with van der Waals surface area (Å²) in [5, 5.41) is 8.45. The lowest BCUT2D eigenvalue weighted by Crippen LogP contribution is -2.39.